The molecule has 1 aliphatic rings. The summed E-state index contributed by atoms with van der Waals surface area (Å²) in [7, 11) is 0. The van der Waals surface area contributed by atoms with Crippen LogP contribution in [0.3, 0.4) is 0 Å². The molecule has 2 heterocycles. The van der Waals surface area contributed by atoms with Crippen molar-refractivity contribution in [3.05, 3.63) is 44.5 Å². The molecule has 31 heavy (non-hydrogen) atoms. The minimum Gasteiger partial charge on any atom is -0.548 e. The molecule has 0 fully saturated rings. The number of benzene rings is 1. The number of rotatable bonds is 6. The van der Waals surface area contributed by atoms with Gasteiger partial charge in [-0.25, -0.2) is 4.79 Å². The van der Waals surface area contributed by atoms with Crippen LogP contribution >= 0.6 is 0 Å². The van der Waals surface area contributed by atoms with Gasteiger partial charge in [0.15, 0.2) is 0 Å². The first-order chi connectivity index (χ1) is 14.8. The van der Waals surface area contributed by atoms with Gasteiger partial charge in [-0.05, 0) is 51.2 Å². The van der Waals surface area contributed by atoms with Crippen LogP contribution in [0.25, 0.3) is 21.9 Å². The maximum absolute atomic E-state index is 12.7. The maximum atomic E-state index is 12.7. The Balaban J connectivity index is 1.77. The number of hydrogen-bond donors (Lipinski definition) is 1. The summed E-state index contributed by atoms with van der Waals surface area (Å²) < 4.78 is 11.7. The molecule has 1 aromatic carbocycles. The van der Waals surface area contributed by atoms with Gasteiger partial charge in [-0.1, -0.05) is 13.3 Å². The van der Waals surface area contributed by atoms with Crippen LogP contribution in [0.2, 0.25) is 0 Å². The number of amides is 1. The van der Waals surface area contributed by atoms with E-state index in [0.717, 1.165) is 53.4 Å². The lowest BCUT2D eigenvalue weighted by molar-refractivity contribution is -0.308. The number of aryl methyl sites for hydroxylation is 4. The molecule has 4 rings (SSSR count). The Morgan fingerprint density at radius 2 is 1.81 bits per heavy atom. The molecule has 1 aliphatic carbocycles. The van der Waals surface area contributed by atoms with Crippen molar-refractivity contribution in [3.8, 4) is 0 Å². The van der Waals surface area contributed by atoms with E-state index in [1.54, 1.807) is 6.92 Å². The van der Waals surface area contributed by atoms with Crippen molar-refractivity contribution in [1.82, 2.24) is 5.32 Å². The average molecular weight is 424 g/mol. The number of carboxylic acids is 1. The zero-order chi connectivity index (χ0) is 22.3. The quantitative estimate of drug-likeness (QED) is 0.609. The van der Waals surface area contributed by atoms with E-state index in [1.807, 2.05) is 19.9 Å². The Morgan fingerprint density at radius 1 is 1.10 bits per heavy atom. The maximum Gasteiger partial charge on any atom is 0.340 e. The normalized spacial score (nSPS) is 14.5. The smallest absolute Gasteiger partial charge is 0.340 e. The van der Waals surface area contributed by atoms with Gasteiger partial charge >= 0.3 is 5.63 Å². The molecule has 1 atom stereocenters. The highest BCUT2D eigenvalue weighted by Gasteiger charge is 2.24. The Kier molecular flexibility index (Phi) is 5.60. The fraction of sp³-hybridized carbons (Fsp3) is 0.458. The van der Waals surface area contributed by atoms with E-state index < -0.39 is 23.5 Å². The van der Waals surface area contributed by atoms with Gasteiger partial charge < -0.3 is 24.1 Å². The minimum atomic E-state index is -1.33. The predicted molar refractivity (Wildman–Crippen MR) is 114 cm³/mol. The van der Waals surface area contributed by atoms with Gasteiger partial charge in [-0.3, -0.25) is 4.79 Å². The van der Waals surface area contributed by atoms with Crippen LogP contribution in [-0.4, -0.2) is 17.9 Å². The molecule has 7 heteroatoms. The van der Waals surface area contributed by atoms with E-state index in [2.05, 4.69) is 5.32 Å². The summed E-state index contributed by atoms with van der Waals surface area (Å²) in [4.78, 5) is 36.4. The molecule has 0 aliphatic heterocycles. The van der Waals surface area contributed by atoms with E-state index >= 15 is 0 Å². The highest BCUT2D eigenvalue weighted by Crippen LogP contribution is 2.37. The second-order valence-electron chi connectivity index (χ2n) is 8.36. The Bertz CT molecular complexity index is 1250. The van der Waals surface area contributed by atoms with E-state index in [4.69, 9.17) is 8.83 Å². The number of hydrogen-bond acceptors (Lipinski definition) is 6. The van der Waals surface area contributed by atoms with Crippen molar-refractivity contribution < 1.29 is 23.5 Å². The van der Waals surface area contributed by atoms with Crippen molar-refractivity contribution in [2.45, 2.75) is 71.8 Å². The van der Waals surface area contributed by atoms with Crippen LogP contribution in [0.1, 0.15) is 60.6 Å². The third kappa shape index (κ3) is 3.73. The summed E-state index contributed by atoms with van der Waals surface area (Å²) in [6.07, 6.45) is 4.68. The number of fused-ring (bicyclic) bond motifs is 4. The SMILES string of the molecule is CCC[C@@H](NC(=O)Cc1c(C)c2cc3c4c(oc3c(C)c2oc1=O)CCCC4)C(=O)[O-]. The lowest BCUT2D eigenvalue weighted by Gasteiger charge is -2.19. The molecule has 0 spiro atoms. The molecule has 0 saturated carbocycles. The zero-order valence-corrected chi connectivity index (χ0v) is 18.1. The van der Waals surface area contributed by atoms with Crippen LogP contribution in [0.4, 0.5) is 0 Å². The summed E-state index contributed by atoms with van der Waals surface area (Å²) in [5.41, 5.74) is 3.50. The average Bonchev–Trinajstić information content (AvgIpc) is 3.11. The fourth-order valence-corrected chi connectivity index (χ4v) is 4.56. The van der Waals surface area contributed by atoms with Crippen molar-refractivity contribution in [1.29, 1.82) is 0 Å². The van der Waals surface area contributed by atoms with Gasteiger partial charge in [0.1, 0.15) is 16.9 Å². The molecule has 0 unspecified atom stereocenters. The number of furan rings is 1. The molecule has 0 saturated heterocycles. The van der Waals surface area contributed by atoms with Gasteiger partial charge in [0.05, 0.1) is 24.0 Å². The van der Waals surface area contributed by atoms with E-state index in [1.165, 1.54) is 5.56 Å². The number of carboxylic acid groups (broad SMARTS) is 1. The molecule has 164 valence electrons. The first kappa shape index (κ1) is 21.2. The molecular weight excluding hydrogens is 398 g/mol. The van der Waals surface area contributed by atoms with E-state index in [-0.39, 0.29) is 18.4 Å². The van der Waals surface area contributed by atoms with Crippen LogP contribution in [0.15, 0.2) is 19.7 Å². The number of nitrogens with one attached hydrogen (secondary N) is 1. The highest BCUT2D eigenvalue weighted by molar-refractivity contribution is 6.00. The van der Waals surface area contributed by atoms with Crippen LogP contribution < -0.4 is 16.0 Å². The summed E-state index contributed by atoms with van der Waals surface area (Å²) in [5.74, 6) is -0.875. The predicted octanol–water partition coefficient (Wildman–Crippen LogP) is 2.61. The topological polar surface area (TPSA) is 113 Å². The van der Waals surface area contributed by atoms with Crippen molar-refractivity contribution in [2.75, 3.05) is 0 Å². The Morgan fingerprint density at radius 3 is 2.52 bits per heavy atom. The van der Waals surface area contributed by atoms with Gasteiger partial charge in [-0.15, -0.1) is 0 Å². The molecule has 2 aromatic heterocycles. The third-order valence-corrected chi connectivity index (χ3v) is 6.26. The number of aliphatic carboxylic acids is 1. The zero-order valence-electron chi connectivity index (χ0n) is 18.1. The second-order valence-corrected chi connectivity index (χ2v) is 8.36. The highest BCUT2D eigenvalue weighted by atomic mass is 16.4. The molecule has 3 aromatic rings. The minimum absolute atomic E-state index is 0.231. The summed E-state index contributed by atoms with van der Waals surface area (Å²) in [6, 6.07) is 0.913. The van der Waals surface area contributed by atoms with Gasteiger partial charge in [0, 0.05) is 28.3 Å². The molecule has 1 N–H and O–H groups in total. The van der Waals surface area contributed by atoms with Crippen molar-refractivity contribution >= 4 is 33.8 Å². The molecule has 0 radical (unpaired) electrons. The van der Waals surface area contributed by atoms with Crippen molar-refractivity contribution in [3.63, 3.8) is 0 Å². The Hall–Kier alpha value is -3.09. The Labute approximate surface area is 179 Å². The van der Waals surface area contributed by atoms with Gasteiger partial charge in [-0.2, -0.15) is 0 Å². The standard InChI is InChI=1S/C24H27NO6/c1-4-7-18(23(27)28)25-20(26)11-16-12(2)15-10-17-14-8-5-6-9-19(14)30-22(17)13(3)21(15)31-24(16)29/h10,18H,4-9,11H2,1-3H3,(H,25,26)(H,27,28)/p-1/t18-/m1/s1. The number of carbonyl (C=O) groups excluding carboxylic acids is 2. The van der Waals surface area contributed by atoms with Crippen LogP contribution in [-0.2, 0) is 28.9 Å². The summed E-state index contributed by atoms with van der Waals surface area (Å²) in [6.45, 7) is 5.49. The van der Waals surface area contributed by atoms with Crippen molar-refractivity contribution in [2.24, 2.45) is 0 Å². The molecule has 1 amide bonds. The van der Waals surface area contributed by atoms with Crippen LogP contribution in [0, 0.1) is 13.8 Å². The molecule has 7 nitrogen and oxygen atoms in total. The lowest BCUT2D eigenvalue weighted by Crippen LogP contribution is -2.48. The third-order valence-electron chi connectivity index (χ3n) is 6.26. The summed E-state index contributed by atoms with van der Waals surface area (Å²) >= 11 is 0. The second kappa shape index (κ2) is 8.21. The van der Waals surface area contributed by atoms with E-state index in [0.29, 0.717) is 17.6 Å². The van der Waals surface area contributed by atoms with E-state index in [9.17, 15) is 19.5 Å². The molecular formula is C24H26NO6-. The van der Waals surface area contributed by atoms with Gasteiger partial charge in [0.2, 0.25) is 5.91 Å². The lowest BCUT2D eigenvalue weighted by atomic mass is 9.93. The molecule has 0 bridgehead atoms. The first-order valence-corrected chi connectivity index (χ1v) is 10.8. The number of carbonyl (C=O) groups is 2. The summed E-state index contributed by atoms with van der Waals surface area (Å²) in [5, 5.41) is 15.5. The van der Waals surface area contributed by atoms with Gasteiger partial charge in [0.25, 0.3) is 0 Å². The fourth-order valence-electron chi connectivity index (χ4n) is 4.56. The first-order valence-electron chi connectivity index (χ1n) is 10.8. The van der Waals surface area contributed by atoms with Crippen LogP contribution in [0.5, 0.6) is 0 Å². The monoisotopic (exact) mass is 424 g/mol. The largest absolute Gasteiger partial charge is 0.548 e.